The Labute approximate surface area is 153 Å². The largest absolute Gasteiger partial charge is 0.494 e. The highest BCUT2D eigenvalue weighted by Crippen LogP contribution is 2.29. The Hall–Kier alpha value is -2.29. The van der Waals surface area contributed by atoms with Crippen molar-refractivity contribution in [2.75, 3.05) is 23.4 Å². The molecule has 0 heterocycles. The number of nitrogens with one attached hydrogen (secondary N) is 3. The van der Waals surface area contributed by atoms with Gasteiger partial charge in [-0.25, -0.2) is 8.42 Å². The summed E-state index contributed by atoms with van der Waals surface area (Å²) in [5, 5.41) is 5.43. The molecule has 0 radical (unpaired) electrons. The van der Waals surface area contributed by atoms with Crippen molar-refractivity contribution < 1.29 is 22.7 Å². The second-order valence-electron chi connectivity index (χ2n) is 6.49. The van der Waals surface area contributed by atoms with E-state index < -0.39 is 16.1 Å². The molecule has 0 saturated heterocycles. The van der Waals surface area contributed by atoms with Crippen LogP contribution in [0.1, 0.15) is 32.6 Å². The van der Waals surface area contributed by atoms with Gasteiger partial charge in [-0.2, -0.15) is 0 Å². The summed E-state index contributed by atoms with van der Waals surface area (Å²) in [6, 6.07) is 3.89. The molecule has 1 saturated carbocycles. The molecule has 8 nitrogen and oxygen atoms in total. The number of benzene rings is 1. The number of hydrogen-bond acceptors (Lipinski definition) is 5. The van der Waals surface area contributed by atoms with Gasteiger partial charge in [-0.1, -0.05) is 12.8 Å². The van der Waals surface area contributed by atoms with Gasteiger partial charge in [0.2, 0.25) is 21.8 Å². The summed E-state index contributed by atoms with van der Waals surface area (Å²) in [7, 11) is -2.04. The predicted octanol–water partition coefficient (Wildman–Crippen LogP) is 1.70. The van der Waals surface area contributed by atoms with Crippen LogP contribution in [0, 0.1) is 5.92 Å². The molecule has 2 amide bonds. The summed E-state index contributed by atoms with van der Waals surface area (Å²) in [6.45, 7) is 1.62. The van der Waals surface area contributed by atoms with Crippen LogP contribution in [-0.2, 0) is 19.6 Å². The first-order valence-corrected chi connectivity index (χ1v) is 10.4. The van der Waals surface area contributed by atoms with Gasteiger partial charge in [-0.15, -0.1) is 0 Å². The second-order valence-corrected chi connectivity index (χ2v) is 8.24. The number of carbonyl (C=O) groups excluding carboxylic acids is 2. The van der Waals surface area contributed by atoms with Crippen LogP contribution in [0.3, 0.4) is 0 Å². The first kappa shape index (κ1) is 20.0. The minimum Gasteiger partial charge on any atom is -0.494 e. The third-order valence-corrected chi connectivity index (χ3v) is 4.83. The molecule has 1 aliphatic carbocycles. The van der Waals surface area contributed by atoms with E-state index in [9.17, 15) is 18.0 Å². The van der Waals surface area contributed by atoms with Gasteiger partial charge in [0.25, 0.3) is 0 Å². The van der Waals surface area contributed by atoms with Crippen molar-refractivity contribution in [2.24, 2.45) is 5.92 Å². The van der Waals surface area contributed by atoms with Crippen LogP contribution in [0.4, 0.5) is 11.4 Å². The molecule has 1 aliphatic rings. The van der Waals surface area contributed by atoms with Crippen LogP contribution in [-0.4, -0.2) is 39.6 Å². The minimum atomic E-state index is -3.45. The van der Waals surface area contributed by atoms with Crippen molar-refractivity contribution in [3.8, 4) is 5.75 Å². The number of carbonyl (C=O) groups is 2. The van der Waals surface area contributed by atoms with Gasteiger partial charge < -0.3 is 15.4 Å². The Kier molecular flexibility index (Phi) is 6.47. The maximum Gasteiger partial charge on any atom is 0.246 e. The van der Waals surface area contributed by atoms with Gasteiger partial charge in [-0.05, 0) is 31.9 Å². The molecular formula is C17H25N3O5S. The zero-order valence-electron chi connectivity index (χ0n) is 15.2. The van der Waals surface area contributed by atoms with Crippen LogP contribution < -0.4 is 20.1 Å². The lowest BCUT2D eigenvalue weighted by Gasteiger charge is -2.17. The van der Waals surface area contributed by atoms with Crippen molar-refractivity contribution in [1.82, 2.24) is 5.32 Å². The molecule has 9 heteroatoms. The van der Waals surface area contributed by atoms with E-state index in [4.69, 9.17) is 4.74 Å². The summed E-state index contributed by atoms with van der Waals surface area (Å²) in [5.74, 6) is -0.180. The highest BCUT2D eigenvalue weighted by atomic mass is 32.2. The Morgan fingerprint density at radius 1 is 1.23 bits per heavy atom. The third kappa shape index (κ3) is 5.62. The van der Waals surface area contributed by atoms with Crippen LogP contribution in [0.15, 0.2) is 18.2 Å². The Bertz CT molecular complexity index is 773. The molecule has 1 atom stereocenters. The quantitative estimate of drug-likeness (QED) is 0.663. The monoisotopic (exact) mass is 383 g/mol. The van der Waals surface area contributed by atoms with E-state index in [1.54, 1.807) is 13.0 Å². The summed E-state index contributed by atoms with van der Waals surface area (Å²) in [6.07, 6.45) is 4.87. The molecule has 144 valence electrons. The molecule has 0 bridgehead atoms. The standard InChI is InChI=1S/C17H25N3O5S/c1-11(18-17(22)12-6-4-5-7-12)16(21)19-13-8-9-14(15(10-13)25-2)20-26(3,23)24/h8-12,20H,4-7H2,1-3H3,(H,18,22)(H,19,21). The fourth-order valence-corrected chi connectivity index (χ4v) is 3.46. The average Bonchev–Trinajstić information content (AvgIpc) is 3.09. The number of ether oxygens (including phenoxy) is 1. The zero-order chi connectivity index (χ0) is 19.3. The van der Waals surface area contributed by atoms with E-state index >= 15 is 0 Å². The summed E-state index contributed by atoms with van der Waals surface area (Å²) in [5.41, 5.74) is 0.712. The number of sulfonamides is 1. The highest BCUT2D eigenvalue weighted by Gasteiger charge is 2.25. The molecule has 2 rings (SSSR count). The highest BCUT2D eigenvalue weighted by molar-refractivity contribution is 7.92. The van der Waals surface area contributed by atoms with Gasteiger partial charge in [0.15, 0.2) is 0 Å². The second kappa shape index (κ2) is 8.39. The summed E-state index contributed by atoms with van der Waals surface area (Å²) in [4.78, 5) is 24.4. The van der Waals surface area contributed by atoms with Crippen molar-refractivity contribution >= 4 is 33.2 Å². The lowest BCUT2D eigenvalue weighted by molar-refractivity contribution is -0.128. The maximum atomic E-state index is 12.3. The van der Waals surface area contributed by atoms with E-state index in [1.807, 2.05) is 0 Å². The minimum absolute atomic E-state index is 0.00769. The average molecular weight is 383 g/mol. The first-order valence-electron chi connectivity index (χ1n) is 8.46. The van der Waals surface area contributed by atoms with E-state index in [1.165, 1.54) is 19.2 Å². The maximum absolute atomic E-state index is 12.3. The van der Waals surface area contributed by atoms with Crippen molar-refractivity contribution in [1.29, 1.82) is 0 Å². The van der Waals surface area contributed by atoms with E-state index in [0.29, 0.717) is 5.69 Å². The Morgan fingerprint density at radius 3 is 2.46 bits per heavy atom. The predicted molar refractivity (Wildman–Crippen MR) is 99.7 cm³/mol. The molecule has 26 heavy (non-hydrogen) atoms. The van der Waals surface area contributed by atoms with Crippen LogP contribution >= 0.6 is 0 Å². The SMILES string of the molecule is COc1cc(NC(=O)C(C)NC(=O)C2CCCC2)ccc1NS(C)(=O)=O. The smallest absolute Gasteiger partial charge is 0.246 e. The van der Waals surface area contributed by atoms with Gasteiger partial charge in [0, 0.05) is 17.7 Å². The normalized spacial score (nSPS) is 16.0. The van der Waals surface area contributed by atoms with Crippen LogP contribution in [0.25, 0.3) is 0 Å². The van der Waals surface area contributed by atoms with Crippen molar-refractivity contribution in [3.05, 3.63) is 18.2 Å². The topological polar surface area (TPSA) is 114 Å². The number of amides is 2. The summed E-state index contributed by atoms with van der Waals surface area (Å²) >= 11 is 0. The van der Waals surface area contributed by atoms with Gasteiger partial charge in [0.05, 0.1) is 19.1 Å². The number of anilines is 2. The zero-order valence-corrected chi connectivity index (χ0v) is 16.0. The molecule has 1 unspecified atom stereocenters. The van der Waals surface area contributed by atoms with E-state index in [2.05, 4.69) is 15.4 Å². The molecule has 3 N–H and O–H groups in total. The lowest BCUT2D eigenvalue weighted by Crippen LogP contribution is -2.43. The van der Waals surface area contributed by atoms with Crippen LogP contribution in [0.5, 0.6) is 5.75 Å². The molecule has 0 spiro atoms. The lowest BCUT2D eigenvalue weighted by atomic mass is 10.1. The van der Waals surface area contributed by atoms with Gasteiger partial charge in [-0.3, -0.25) is 14.3 Å². The third-order valence-electron chi connectivity index (χ3n) is 4.24. The number of hydrogen-bond donors (Lipinski definition) is 3. The van der Waals surface area contributed by atoms with E-state index in [0.717, 1.165) is 31.9 Å². The van der Waals surface area contributed by atoms with Crippen molar-refractivity contribution in [3.63, 3.8) is 0 Å². The fraction of sp³-hybridized carbons (Fsp3) is 0.529. The fourth-order valence-electron chi connectivity index (χ4n) is 2.89. The Morgan fingerprint density at radius 2 is 1.88 bits per heavy atom. The van der Waals surface area contributed by atoms with Gasteiger partial charge >= 0.3 is 0 Å². The van der Waals surface area contributed by atoms with Crippen LogP contribution in [0.2, 0.25) is 0 Å². The molecular weight excluding hydrogens is 358 g/mol. The molecule has 0 aliphatic heterocycles. The molecule has 1 aromatic rings. The number of methoxy groups -OCH3 is 1. The molecule has 1 aromatic carbocycles. The number of rotatable bonds is 7. The van der Waals surface area contributed by atoms with Gasteiger partial charge in [0.1, 0.15) is 11.8 Å². The summed E-state index contributed by atoms with van der Waals surface area (Å²) < 4.78 is 30.2. The first-order chi connectivity index (χ1) is 12.2. The van der Waals surface area contributed by atoms with Crippen molar-refractivity contribution in [2.45, 2.75) is 38.6 Å². The Balaban J connectivity index is 2.00. The molecule has 0 aromatic heterocycles. The molecule has 1 fully saturated rings. The van der Waals surface area contributed by atoms with E-state index in [-0.39, 0.29) is 29.2 Å².